The van der Waals surface area contributed by atoms with Crippen molar-refractivity contribution >= 4 is 0 Å². The molecule has 0 fully saturated rings. The Morgan fingerprint density at radius 2 is 0.906 bits per heavy atom. The van der Waals surface area contributed by atoms with Crippen LogP contribution in [0, 0.1) is 11.3 Å². The van der Waals surface area contributed by atoms with Crippen LogP contribution < -0.4 is 0 Å². The highest BCUT2D eigenvalue weighted by atomic mass is 15.0. The molecule has 1 aromatic heterocycles. The summed E-state index contributed by atoms with van der Waals surface area (Å²) in [4.78, 5) is 14.4. The van der Waals surface area contributed by atoms with Crippen molar-refractivity contribution in [3.05, 3.63) is 90.5 Å². The van der Waals surface area contributed by atoms with E-state index in [9.17, 15) is 0 Å². The van der Waals surface area contributed by atoms with Crippen LogP contribution in [0.4, 0.5) is 0 Å². The molecule has 0 amide bonds. The van der Waals surface area contributed by atoms with E-state index in [4.69, 9.17) is 15.0 Å². The minimum atomic E-state index is 0.198. The van der Waals surface area contributed by atoms with Crippen LogP contribution in [-0.4, -0.2) is 15.0 Å². The molecule has 3 aromatic carbocycles. The van der Waals surface area contributed by atoms with E-state index in [1.54, 1.807) is 0 Å². The van der Waals surface area contributed by atoms with Gasteiger partial charge in [-0.3, -0.25) is 0 Å². The third kappa shape index (κ3) is 4.77. The molecule has 3 heteroatoms. The largest absolute Gasteiger partial charge is 0.208 e. The van der Waals surface area contributed by atoms with Gasteiger partial charge in [0.15, 0.2) is 17.5 Å². The summed E-state index contributed by atoms with van der Waals surface area (Å²) in [7, 11) is 0. The third-order valence-corrected chi connectivity index (χ3v) is 5.83. The number of hydrogen-bond acceptors (Lipinski definition) is 3. The van der Waals surface area contributed by atoms with Gasteiger partial charge in [-0.1, -0.05) is 120 Å². The van der Waals surface area contributed by atoms with Crippen molar-refractivity contribution in [3.8, 4) is 34.2 Å². The summed E-state index contributed by atoms with van der Waals surface area (Å²) in [5.41, 5.74) is 4.53. The smallest absolute Gasteiger partial charge is 0.164 e. The summed E-state index contributed by atoms with van der Waals surface area (Å²) in [5.74, 6) is 3.12. The van der Waals surface area contributed by atoms with E-state index >= 15 is 0 Å². The first-order chi connectivity index (χ1) is 15.3. The Balaban J connectivity index is 1.79. The van der Waals surface area contributed by atoms with Crippen LogP contribution in [0.3, 0.4) is 0 Å². The summed E-state index contributed by atoms with van der Waals surface area (Å²) in [5, 5.41) is 0. The lowest BCUT2D eigenvalue weighted by Gasteiger charge is -2.34. The first-order valence-electron chi connectivity index (χ1n) is 11.3. The van der Waals surface area contributed by atoms with Crippen LogP contribution in [0.15, 0.2) is 84.9 Å². The molecule has 4 aromatic rings. The summed E-state index contributed by atoms with van der Waals surface area (Å²) >= 11 is 0. The topological polar surface area (TPSA) is 38.7 Å². The van der Waals surface area contributed by atoms with E-state index in [2.05, 4.69) is 58.9 Å². The zero-order valence-corrected chi connectivity index (χ0v) is 19.6. The van der Waals surface area contributed by atoms with Crippen molar-refractivity contribution in [1.82, 2.24) is 15.0 Å². The van der Waals surface area contributed by atoms with Gasteiger partial charge in [0.05, 0.1) is 0 Å². The van der Waals surface area contributed by atoms with Gasteiger partial charge in [-0.2, -0.15) is 0 Å². The van der Waals surface area contributed by atoms with Gasteiger partial charge in [0, 0.05) is 16.7 Å². The van der Waals surface area contributed by atoms with Crippen molar-refractivity contribution in [3.63, 3.8) is 0 Å². The van der Waals surface area contributed by atoms with Crippen LogP contribution in [0.1, 0.15) is 46.1 Å². The van der Waals surface area contributed by atoms with E-state index < -0.39 is 0 Å². The number of benzene rings is 3. The molecule has 0 spiro atoms. The zero-order chi connectivity index (χ0) is 22.7. The normalized spacial score (nSPS) is 12.7. The Kier molecular flexibility index (Phi) is 6.18. The second-order valence-electron chi connectivity index (χ2n) is 9.75. The monoisotopic (exact) mass is 421 g/mol. The second kappa shape index (κ2) is 9.04. The molecular weight excluding hydrogens is 390 g/mol. The maximum atomic E-state index is 4.84. The summed E-state index contributed by atoms with van der Waals surface area (Å²) < 4.78 is 0. The Hall–Kier alpha value is -3.33. The molecule has 0 aliphatic carbocycles. The second-order valence-corrected chi connectivity index (χ2v) is 9.75. The van der Waals surface area contributed by atoms with Crippen LogP contribution in [0.25, 0.3) is 34.2 Å². The molecule has 0 bridgehead atoms. The molecule has 0 aliphatic rings. The van der Waals surface area contributed by atoms with Gasteiger partial charge in [0.25, 0.3) is 0 Å². The molecule has 0 saturated heterocycles. The SMILES string of the molecule is CC(C)C(c1ccc(-c2nc(-c3ccccc3)nc(-c3ccccc3)n2)cc1)C(C)(C)C. The predicted octanol–water partition coefficient (Wildman–Crippen LogP) is 7.66. The quantitative estimate of drug-likeness (QED) is 0.332. The summed E-state index contributed by atoms with van der Waals surface area (Å²) in [6.45, 7) is 11.5. The van der Waals surface area contributed by atoms with Gasteiger partial charge in [-0.25, -0.2) is 15.0 Å². The van der Waals surface area contributed by atoms with E-state index in [0.29, 0.717) is 29.3 Å². The Morgan fingerprint density at radius 1 is 0.531 bits per heavy atom. The van der Waals surface area contributed by atoms with Crippen LogP contribution in [0.5, 0.6) is 0 Å². The molecule has 32 heavy (non-hydrogen) atoms. The van der Waals surface area contributed by atoms with Gasteiger partial charge < -0.3 is 0 Å². The van der Waals surface area contributed by atoms with Gasteiger partial charge in [0.1, 0.15) is 0 Å². The first-order valence-corrected chi connectivity index (χ1v) is 11.3. The average molecular weight is 422 g/mol. The van der Waals surface area contributed by atoms with Crippen molar-refractivity contribution in [1.29, 1.82) is 0 Å². The minimum Gasteiger partial charge on any atom is -0.208 e. The molecule has 0 saturated carbocycles. The molecule has 1 unspecified atom stereocenters. The fourth-order valence-corrected chi connectivity index (χ4v) is 4.66. The van der Waals surface area contributed by atoms with Gasteiger partial charge >= 0.3 is 0 Å². The minimum absolute atomic E-state index is 0.198. The van der Waals surface area contributed by atoms with E-state index in [1.807, 2.05) is 60.7 Å². The number of hydrogen-bond donors (Lipinski definition) is 0. The number of rotatable bonds is 5. The van der Waals surface area contributed by atoms with Gasteiger partial charge in [-0.15, -0.1) is 0 Å². The molecule has 0 radical (unpaired) electrons. The fourth-order valence-electron chi connectivity index (χ4n) is 4.66. The Labute approximate surface area is 191 Å². The highest BCUT2D eigenvalue weighted by Gasteiger charge is 2.29. The molecule has 4 rings (SSSR count). The summed E-state index contributed by atoms with van der Waals surface area (Å²) in [6, 6.07) is 28.9. The lowest BCUT2D eigenvalue weighted by atomic mass is 9.70. The molecule has 1 heterocycles. The van der Waals surface area contributed by atoms with E-state index in [0.717, 1.165) is 16.7 Å². The molecule has 3 nitrogen and oxygen atoms in total. The zero-order valence-electron chi connectivity index (χ0n) is 19.6. The molecule has 162 valence electrons. The average Bonchev–Trinajstić information content (AvgIpc) is 2.79. The van der Waals surface area contributed by atoms with Crippen molar-refractivity contribution in [2.45, 2.75) is 40.5 Å². The Bertz CT molecular complexity index is 1100. The maximum absolute atomic E-state index is 4.84. The summed E-state index contributed by atoms with van der Waals surface area (Å²) in [6.07, 6.45) is 0. The molecule has 0 N–H and O–H groups in total. The van der Waals surface area contributed by atoms with Crippen molar-refractivity contribution in [2.75, 3.05) is 0 Å². The fraction of sp³-hybridized carbons (Fsp3) is 0.276. The van der Waals surface area contributed by atoms with Crippen molar-refractivity contribution < 1.29 is 0 Å². The van der Waals surface area contributed by atoms with E-state index in [1.165, 1.54) is 5.56 Å². The highest BCUT2D eigenvalue weighted by molar-refractivity contribution is 5.66. The third-order valence-electron chi connectivity index (χ3n) is 5.83. The van der Waals surface area contributed by atoms with E-state index in [-0.39, 0.29) is 5.41 Å². The highest BCUT2D eigenvalue weighted by Crippen LogP contribution is 2.41. The molecule has 1 atom stereocenters. The maximum Gasteiger partial charge on any atom is 0.164 e. The number of nitrogens with zero attached hydrogens (tertiary/aromatic N) is 3. The molecule has 0 aliphatic heterocycles. The Morgan fingerprint density at radius 3 is 1.25 bits per heavy atom. The van der Waals surface area contributed by atoms with Gasteiger partial charge in [-0.05, 0) is 22.8 Å². The van der Waals surface area contributed by atoms with Crippen LogP contribution in [0.2, 0.25) is 0 Å². The molecular formula is C29H31N3. The van der Waals surface area contributed by atoms with Gasteiger partial charge in [0.2, 0.25) is 0 Å². The first kappa shape index (κ1) is 21.9. The van der Waals surface area contributed by atoms with Crippen LogP contribution in [-0.2, 0) is 0 Å². The van der Waals surface area contributed by atoms with Crippen molar-refractivity contribution in [2.24, 2.45) is 11.3 Å². The lowest BCUT2D eigenvalue weighted by Crippen LogP contribution is -2.23. The number of aromatic nitrogens is 3. The lowest BCUT2D eigenvalue weighted by molar-refractivity contribution is 0.258. The predicted molar refractivity (Wildman–Crippen MR) is 133 cm³/mol. The van der Waals surface area contributed by atoms with Crippen LogP contribution >= 0.6 is 0 Å². The standard InChI is InChI=1S/C29H31N3/c1-20(2)25(29(3,4)5)21-16-18-24(19-17-21)28-31-26(22-12-8-6-9-13-22)30-27(32-28)23-14-10-7-11-15-23/h6-20,25H,1-5H3.